The molecule has 1 rings (SSSR count). The first-order valence-corrected chi connectivity index (χ1v) is 9.74. The summed E-state index contributed by atoms with van der Waals surface area (Å²) in [6.07, 6.45) is 0. The van der Waals surface area contributed by atoms with Crippen LogP contribution in [0.2, 0.25) is 0 Å². The van der Waals surface area contributed by atoms with Gasteiger partial charge in [-0.25, -0.2) is 8.42 Å². The quantitative estimate of drug-likeness (QED) is 0.545. The highest BCUT2D eigenvalue weighted by Gasteiger charge is 2.28. The molecule has 0 aliphatic heterocycles. The molecule has 9 heteroatoms. The Balaban J connectivity index is 2.86. The lowest BCUT2D eigenvalue weighted by Crippen LogP contribution is -2.38. The smallest absolute Gasteiger partial charge is 0.203 e. The monoisotopic (exact) mass is 387 g/mol. The summed E-state index contributed by atoms with van der Waals surface area (Å²) in [5, 5.41) is 6.08. The summed E-state index contributed by atoms with van der Waals surface area (Å²) in [5.74, 6) is 1.93. The summed E-state index contributed by atoms with van der Waals surface area (Å²) in [6.45, 7) is 5.30. The van der Waals surface area contributed by atoms with Crippen molar-refractivity contribution >= 4 is 21.5 Å². The number of sulfone groups is 1. The van der Waals surface area contributed by atoms with Gasteiger partial charge in [-0.05, 0) is 20.8 Å². The van der Waals surface area contributed by atoms with Gasteiger partial charge in [0.15, 0.2) is 27.3 Å². The molecule has 0 spiro atoms. The van der Waals surface area contributed by atoms with Crippen molar-refractivity contribution < 1.29 is 22.6 Å². The molecule has 0 saturated carbocycles. The molecule has 0 bridgehead atoms. The fourth-order valence-corrected chi connectivity index (χ4v) is 3.06. The van der Waals surface area contributed by atoms with Crippen molar-refractivity contribution in [3.63, 3.8) is 0 Å². The molecule has 0 heterocycles. The van der Waals surface area contributed by atoms with Gasteiger partial charge < -0.3 is 24.8 Å². The molecule has 0 amide bonds. The summed E-state index contributed by atoms with van der Waals surface area (Å²) < 4.78 is 39.5. The van der Waals surface area contributed by atoms with Crippen molar-refractivity contribution in [2.45, 2.75) is 25.5 Å². The molecule has 1 aromatic carbocycles. The molecule has 0 radical (unpaired) electrons. The predicted octanol–water partition coefficient (Wildman–Crippen LogP) is 1.91. The van der Waals surface area contributed by atoms with Gasteiger partial charge in [0, 0.05) is 31.4 Å². The minimum atomic E-state index is -3.21. The Morgan fingerprint density at radius 1 is 1.08 bits per heavy atom. The van der Waals surface area contributed by atoms with E-state index >= 15 is 0 Å². The van der Waals surface area contributed by atoms with E-state index in [1.807, 2.05) is 0 Å². The first-order chi connectivity index (χ1) is 12.1. The van der Waals surface area contributed by atoms with E-state index in [-0.39, 0.29) is 12.3 Å². The Bertz CT molecular complexity index is 714. The van der Waals surface area contributed by atoms with Crippen LogP contribution in [0, 0.1) is 0 Å². The maximum atomic E-state index is 12.2. The second-order valence-electron chi connectivity index (χ2n) is 6.47. The van der Waals surface area contributed by atoms with E-state index in [1.54, 1.807) is 40.0 Å². The topological polar surface area (TPSA) is 98.3 Å². The van der Waals surface area contributed by atoms with Crippen LogP contribution < -0.4 is 24.8 Å². The van der Waals surface area contributed by atoms with Crippen LogP contribution in [0.3, 0.4) is 0 Å². The third kappa shape index (κ3) is 5.42. The van der Waals surface area contributed by atoms with Gasteiger partial charge in [-0.3, -0.25) is 4.99 Å². The zero-order valence-corrected chi connectivity index (χ0v) is 17.3. The molecule has 148 valence electrons. The van der Waals surface area contributed by atoms with Gasteiger partial charge in [0.05, 0.1) is 31.8 Å². The maximum absolute atomic E-state index is 12.2. The minimum Gasteiger partial charge on any atom is -0.493 e. The second kappa shape index (κ2) is 8.98. The lowest BCUT2D eigenvalue weighted by atomic mass is 10.2. The number of guanidine groups is 1. The van der Waals surface area contributed by atoms with Crippen molar-refractivity contribution in [1.82, 2.24) is 5.32 Å². The molecular formula is C17H29N3O5S. The van der Waals surface area contributed by atoms with Crippen molar-refractivity contribution in [2.75, 3.05) is 46.0 Å². The number of methoxy groups -OCH3 is 3. The molecule has 0 aliphatic carbocycles. The standard InChI is InChI=1S/C17H29N3O5S/c1-17(2,3)26(21,22)9-8-19-16(18-4)20-12-10-13(23-5)15(25-7)14(11-12)24-6/h10-11H,8-9H2,1-7H3,(H2,18,19,20). The summed E-state index contributed by atoms with van der Waals surface area (Å²) in [7, 11) is 2.99. The highest BCUT2D eigenvalue weighted by molar-refractivity contribution is 7.92. The van der Waals surface area contributed by atoms with E-state index < -0.39 is 14.6 Å². The van der Waals surface area contributed by atoms with Crippen LogP contribution in [0.25, 0.3) is 0 Å². The highest BCUT2D eigenvalue weighted by Crippen LogP contribution is 2.39. The number of aliphatic imine (C=N–C) groups is 1. The molecule has 0 atom stereocenters. The van der Waals surface area contributed by atoms with Crippen LogP contribution in [0.15, 0.2) is 17.1 Å². The van der Waals surface area contributed by atoms with Gasteiger partial charge in [-0.15, -0.1) is 0 Å². The van der Waals surface area contributed by atoms with Crippen LogP contribution in [0.1, 0.15) is 20.8 Å². The van der Waals surface area contributed by atoms with Crippen LogP contribution in [-0.2, 0) is 9.84 Å². The van der Waals surface area contributed by atoms with Crippen molar-refractivity contribution in [2.24, 2.45) is 4.99 Å². The minimum absolute atomic E-state index is 0.00640. The van der Waals surface area contributed by atoms with Gasteiger partial charge in [0.25, 0.3) is 0 Å². The van der Waals surface area contributed by atoms with Gasteiger partial charge in [0.2, 0.25) is 5.75 Å². The van der Waals surface area contributed by atoms with Crippen LogP contribution in [0.4, 0.5) is 5.69 Å². The number of anilines is 1. The Morgan fingerprint density at radius 2 is 1.62 bits per heavy atom. The molecule has 8 nitrogen and oxygen atoms in total. The normalized spacial score (nSPS) is 12.5. The highest BCUT2D eigenvalue weighted by atomic mass is 32.2. The van der Waals surface area contributed by atoms with Crippen LogP contribution in [0.5, 0.6) is 17.2 Å². The van der Waals surface area contributed by atoms with E-state index in [4.69, 9.17) is 14.2 Å². The fraction of sp³-hybridized carbons (Fsp3) is 0.588. The van der Waals surface area contributed by atoms with Gasteiger partial charge in [-0.2, -0.15) is 0 Å². The Hall–Kier alpha value is -2.16. The summed E-state index contributed by atoms with van der Waals surface area (Å²) in [5.41, 5.74) is 0.659. The molecule has 0 fully saturated rings. The Morgan fingerprint density at radius 3 is 2.00 bits per heavy atom. The fourth-order valence-electron chi connectivity index (χ4n) is 2.08. The number of hydrogen-bond acceptors (Lipinski definition) is 6. The molecule has 2 N–H and O–H groups in total. The number of nitrogens with zero attached hydrogens (tertiary/aromatic N) is 1. The number of ether oxygens (including phenoxy) is 3. The van der Waals surface area contributed by atoms with Crippen molar-refractivity contribution in [3.8, 4) is 17.2 Å². The molecule has 0 unspecified atom stereocenters. The number of benzene rings is 1. The maximum Gasteiger partial charge on any atom is 0.203 e. The first-order valence-electron chi connectivity index (χ1n) is 8.09. The summed E-state index contributed by atoms with van der Waals surface area (Å²) in [4.78, 5) is 4.11. The SMILES string of the molecule is CN=C(NCCS(=O)(=O)C(C)(C)C)Nc1cc(OC)c(OC)c(OC)c1. The lowest BCUT2D eigenvalue weighted by molar-refractivity contribution is 0.324. The summed E-state index contributed by atoms with van der Waals surface area (Å²) >= 11 is 0. The molecule has 0 aromatic heterocycles. The third-order valence-corrected chi connectivity index (χ3v) is 6.35. The average Bonchev–Trinajstić information content (AvgIpc) is 2.58. The van der Waals surface area contributed by atoms with Crippen LogP contribution >= 0.6 is 0 Å². The van der Waals surface area contributed by atoms with E-state index in [1.165, 1.54) is 21.3 Å². The van der Waals surface area contributed by atoms with Crippen molar-refractivity contribution in [3.05, 3.63) is 12.1 Å². The zero-order valence-electron chi connectivity index (χ0n) is 16.5. The summed E-state index contributed by atoms with van der Waals surface area (Å²) in [6, 6.07) is 3.47. The van der Waals surface area contributed by atoms with Crippen LogP contribution in [-0.4, -0.2) is 59.8 Å². The predicted molar refractivity (Wildman–Crippen MR) is 105 cm³/mol. The molecule has 26 heavy (non-hydrogen) atoms. The van der Waals surface area contributed by atoms with Crippen molar-refractivity contribution in [1.29, 1.82) is 0 Å². The van der Waals surface area contributed by atoms with Gasteiger partial charge in [-0.1, -0.05) is 0 Å². The van der Waals surface area contributed by atoms with E-state index in [9.17, 15) is 8.42 Å². The molecule has 0 aliphatic rings. The van der Waals surface area contributed by atoms with Gasteiger partial charge >= 0.3 is 0 Å². The number of nitrogens with one attached hydrogen (secondary N) is 2. The zero-order chi connectivity index (χ0) is 20.0. The van der Waals surface area contributed by atoms with Gasteiger partial charge in [0.1, 0.15) is 0 Å². The molecular weight excluding hydrogens is 358 g/mol. The second-order valence-corrected chi connectivity index (χ2v) is 9.33. The average molecular weight is 388 g/mol. The Kier molecular flexibility index (Phi) is 7.55. The molecule has 1 aromatic rings. The van der Waals surface area contributed by atoms with E-state index in [2.05, 4.69) is 15.6 Å². The Labute approximate surface area is 155 Å². The van der Waals surface area contributed by atoms with E-state index in [0.717, 1.165) is 0 Å². The first kappa shape index (κ1) is 21.9. The lowest BCUT2D eigenvalue weighted by Gasteiger charge is -2.20. The third-order valence-electron chi connectivity index (χ3n) is 3.75. The van der Waals surface area contributed by atoms with E-state index in [0.29, 0.717) is 28.9 Å². The number of hydrogen-bond donors (Lipinski definition) is 2. The largest absolute Gasteiger partial charge is 0.493 e. The molecule has 0 saturated heterocycles. The number of rotatable bonds is 7.